The number of hydrogen-bond donors (Lipinski definition) is 1. The molecular weight excluding hydrogens is 281 g/mol. The molecule has 2 N–H and O–H groups in total. The summed E-state index contributed by atoms with van der Waals surface area (Å²) in [4.78, 5) is 2.21. The van der Waals surface area contributed by atoms with Crippen LogP contribution in [0.5, 0.6) is 0 Å². The highest BCUT2D eigenvalue weighted by atomic mass is 19.4. The average molecular weight is 302 g/mol. The van der Waals surface area contributed by atoms with E-state index >= 15 is 0 Å². The highest BCUT2D eigenvalue weighted by Crippen LogP contribution is 2.33. The van der Waals surface area contributed by atoms with E-state index in [1.54, 1.807) is 0 Å². The second kappa shape index (κ2) is 5.94. The summed E-state index contributed by atoms with van der Waals surface area (Å²) in [7, 11) is 0. The molecule has 0 saturated carbocycles. The predicted octanol–water partition coefficient (Wildman–Crippen LogP) is 2.82. The number of ether oxygens (including phenoxy) is 1. The van der Waals surface area contributed by atoms with Gasteiger partial charge in [0.2, 0.25) is 0 Å². The molecule has 1 heterocycles. The highest BCUT2D eigenvalue weighted by molar-refractivity contribution is 5.27. The van der Waals surface area contributed by atoms with Crippen molar-refractivity contribution in [2.75, 3.05) is 26.3 Å². The first-order valence-electron chi connectivity index (χ1n) is 6.97. The summed E-state index contributed by atoms with van der Waals surface area (Å²) in [5, 5.41) is 0. The van der Waals surface area contributed by atoms with Crippen molar-refractivity contribution in [2.45, 2.75) is 31.6 Å². The van der Waals surface area contributed by atoms with Crippen molar-refractivity contribution >= 4 is 0 Å². The van der Waals surface area contributed by atoms with Gasteiger partial charge in [-0.25, -0.2) is 0 Å². The average Bonchev–Trinajstić information content (AvgIpc) is 2.41. The Morgan fingerprint density at radius 1 is 1.29 bits per heavy atom. The molecular formula is C15H21F3N2O. The molecule has 118 valence electrons. The molecule has 1 aliphatic rings. The van der Waals surface area contributed by atoms with Gasteiger partial charge in [0.1, 0.15) is 0 Å². The summed E-state index contributed by atoms with van der Waals surface area (Å²) in [6, 6.07) is 5.17. The standard InChI is InChI=1S/C15H21F3N2O/c1-14(2)10-21-8-7-20(14)13(9-19)11-3-5-12(6-4-11)15(16,17)18/h3-6,13H,7-10,19H2,1-2H3. The number of nitrogens with two attached hydrogens (primary N) is 1. The van der Waals surface area contributed by atoms with E-state index in [2.05, 4.69) is 18.7 Å². The van der Waals surface area contributed by atoms with E-state index in [-0.39, 0.29) is 11.6 Å². The number of halogens is 3. The minimum Gasteiger partial charge on any atom is -0.378 e. The van der Waals surface area contributed by atoms with Crippen molar-refractivity contribution in [3.05, 3.63) is 35.4 Å². The molecule has 1 unspecified atom stereocenters. The molecule has 0 bridgehead atoms. The molecule has 1 aromatic rings. The summed E-state index contributed by atoms with van der Waals surface area (Å²) in [6.07, 6.45) is -4.31. The fourth-order valence-corrected chi connectivity index (χ4v) is 2.79. The number of hydrogen-bond acceptors (Lipinski definition) is 3. The molecule has 3 nitrogen and oxygen atoms in total. The van der Waals surface area contributed by atoms with Gasteiger partial charge < -0.3 is 10.5 Å². The number of nitrogens with zero attached hydrogens (tertiary/aromatic N) is 1. The fourth-order valence-electron chi connectivity index (χ4n) is 2.79. The van der Waals surface area contributed by atoms with Crippen LogP contribution in [-0.2, 0) is 10.9 Å². The minimum atomic E-state index is -4.31. The predicted molar refractivity (Wildman–Crippen MR) is 74.8 cm³/mol. The molecule has 0 aromatic heterocycles. The van der Waals surface area contributed by atoms with Crippen LogP contribution in [0, 0.1) is 0 Å². The highest BCUT2D eigenvalue weighted by Gasteiger charge is 2.36. The molecule has 6 heteroatoms. The zero-order chi connectivity index (χ0) is 15.7. The Labute approximate surface area is 122 Å². The smallest absolute Gasteiger partial charge is 0.378 e. The van der Waals surface area contributed by atoms with Crippen LogP contribution in [0.15, 0.2) is 24.3 Å². The number of morpholine rings is 1. The lowest BCUT2D eigenvalue weighted by Gasteiger charge is -2.46. The zero-order valence-corrected chi connectivity index (χ0v) is 12.3. The molecule has 1 fully saturated rings. The number of alkyl halides is 3. The number of benzene rings is 1. The Balaban J connectivity index is 2.25. The maximum Gasteiger partial charge on any atom is 0.416 e. The quantitative estimate of drug-likeness (QED) is 0.933. The maximum atomic E-state index is 12.6. The first-order chi connectivity index (χ1) is 9.75. The first kappa shape index (κ1) is 16.3. The second-order valence-electron chi connectivity index (χ2n) is 5.93. The third-order valence-electron chi connectivity index (χ3n) is 3.93. The van der Waals surface area contributed by atoms with Crippen LogP contribution in [0.3, 0.4) is 0 Å². The summed E-state index contributed by atoms with van der Waals surface area (Å²) < 4.78 is 43.4. The van der Waals surface area contributed by atoms with Gasteiger partial charge in [0, 0.05) is 24.7 Å². The van der Waals surface area contributed by atoms with Crippen LogP contribution in [-0.4, -0.2) is 36.7 Å². The first-order valence-corrected chi connectivity index (χ1v) is 6.97. The van der Waals surface area contributed by atoms with Crippen LogP contribution < -0.4 is 5.73 Å². The third-order valence-corrected chi connectivity index (χ3v) is 3.93. The molecule has 1 saturated heterocycles. The SMILES string of the molecule is CC1(C)COCCN1C(CN)c1ccc(C(F)(F)F)cc1. The molecule has 21 heavy (non-hydrogen) atoms. The van der Waals surface area contributed by atoms with Gasteiger partial charge in [0.25, 0.3) is 0 Å². The van der Waals surface area contributed by atoms with E-state index in [0.29, 0.717) is 19.8 Å². The Hall–Kier alpha value is -1.11. The van der Waals surface area contributed by atoms with E-state index in [4.69, 9.17) is 10.5 Å². The summed E-state index contributed by atoms with van der Waals surface area (Å²) >= 11 is 0. The molecule has 0 spiro atoms. The van der Waals surface area contributed by atoms with Crippen LogP contribution >= 0.6 is 0 Å². The summed E-state index contributed by atoms with van der Waals surface area (Å²) in [5.41, 5.74) is 5.86. The van der Waals surface area contributed by atoms with Gasteiger partial charge >= 0.3 is 6.18 Å². The van der Waals surface area contributed by atoms with Crippen LogP contribution in [0.25, 0.3) is 0 Å². The van der Waals surface area contributed by atoms with Gasteiger partial charge in [-0.15, -0.1) is 0 Å². The minimum absolute atomic E-state index is 0.105. The second-order valence-corrected chi connectivity index (χ2v) is 5.93. The topological polar surface area (TPSA) is 38.5 Å². The Bertz CT molecular complexity index is 471. The maximum absolute atomic E-state index is 12.6. The van der Waals surface area contributed by atoms with Crippen molar-refractivity contribution < 1.29 is 17.9 Å². The van der Waals surface area contributed by atoms with Crippen LogP contribution in [0.4, 0.5) is 13.2 Å². The van der Waals surface area contributed by atoms with Gasteiger partial charge in [-0.3, -0.25) is 4.90 Å². The molecule has 0 aliphatic carbocycles. The molecule has 1 aromatic carbocycles. The third kappa shape index (κ3) is 3.56. The Morgan fingerprint density at radius 3 is 2.38 bits per heavy atom. The summed E-state index contributed by atoms with van der Waals surface area (Å²) in [5.74, 6) is 0. The Kier molecular flexibility index (Phi) is 4.60. The largest absolute Gasteiger partial charge is 0.416 e. The van der Waals surface area contributed by atoms with Gasteiger partial charge in [-0.05, 0) is 31.5 Å². The molecule has 2 rings (SSSR count). The zero-order valence-electron chi connectivity index (χ0n) is 12.3. The van der Waals surface area contributed by atoms with Crippen molar-refractivity contribution in [1.29, 1.82) is 0 Å². The van der Waals surface area contributed by atoms with E-state index in [0.717, 1.165) is 24.2 Å². The molecule has 0 radical (unpaired) electrons. The van der Waals surface area contributed by atoms with Gasteiger partial charge in [0.15, 0.2) is 0 Å². The Morgan fingerprint density at radius 2 is 1.90 bits per heavy atom. The monoisotopic (exact) mass is 302 g/mol. The van der Waals surface area contributed by atoms with E-state index in [1.807, 2.05) is 0 Å². The summed E-state index contributed by atoms with van der Waals surface area (Å²) in [6.45, 7) is 6.38. The lowest BCUT2D eigenvalue weighted by Crippen LogP contribution is -2.55. The fraction of sp³-hybridized carbons (Fsp3) is 0.600. The molecule has 1 aliphatic heterocycles. The number of rotatable bonds is 3. The van der Waals surface area contributed by atoms with Crippen molar-refractivity contribution in [2.24, 2.45) is 5.73 Å². The van der Waals surface area contributed by atoms with Crippen molar-refractivity contribution in [3.8, 4) is 0 Å². The van der Waals surface area contributed by atoms with E-state index in [9.17, 15) is 13.2 Å². The van der Waals surface area contributed by atoms with Crippen LogP contribution in [0.1, 0.15) is 31.0 Å². The van der Waals surface area contributed by atoms with Gasteiger partial charge in [0.05, 0.1) is 18.8 Å². The van der Waals surface area contributed by atoms with Crippen molar-refractivity contribution in [1.82, 2.24) is 4.90 Å². The van der Waals surface area contributed by atoms with E-state index < -0.39 is 11.7 Å². The normalized spacial score (nSPS) is 21.2. The van der Waals surface area contributed by atoms with Crippen LogP contribution in [0.2, 0.25) is 0 Å². The molecule has 0 amide bonds. The van der Waals surface area contributed by atoms with Gasteiger partial charge in [-0.1, -0.05) is 12.1 Å². The van der Waals surface area contributed by atoms with E-state index in [1.165, 1.54) is 12.1 Å². The molecule has 1 atom stereocenters. The van der Waals surface area contributed by atoms with Gasteiger partial charge in [-0.2, -0.15) is 13.2 Å². The lowest BCUT2D eigenvalue weighted by molar-refractivity contribution is -0.137. The van der Waals surface area contributed by atoms with Crippen molar-refractivity contribution in [3.63, 3.8) is 0 Å². The lowest BCUT2D eigenvalue weighted by atomic mass is 9.95.